The number of amides is 1. The van der Waals surface area contributed by atoms with E-state index in [-0.39, 0.29) is 4.90 Å². The van der Waals surface area contributed by atoms with Crippen LogP contribution in [-0.4, -0.2) is 20.1 Å². The van der Waals surface area contributed by atoms with Gasteiger partial charge in [0, 0.05) is 5.56 Å². The fourth-order valence-corrected chi connectivity index (χ4v) is 4.80. The molecule has 4 aromatic rings. The maximum atomic E-state index is 13.4. The normalized spacial score (nSPS) is 12.1. The molecule has 0 aliphatic heterocycles. The molecule has 5 nitrogen and oxygen atoms in total. The number of benzene rings is 4. The number of hydroxylamine groups is 1. The van der Waals surface area contributed by atoms with Crippen molar-refractivity contribution in [1.29, 1.82) is 0 Å². The Labute approximate surface area is 197 Å². The van der Waals surface area contributed by atoms with Crippen molar-refractivity contribution < 1.29 is 22.4 Å². The zero-order chi connectivity index (χ0) is 24.0. The monoisotopic (exact) mass is 475 g/mol. The average molecular weight is 476 g/mol. The molecule has 0 saturated carbocycles. The fraction of sp³-hybridized carbons (Fsp3) is 0.0741. The van der Waals surface area contributed by atoms with Crippen LogP contribution in [0.5, 0.6) is 0 Å². The molecule has 0 radical (unpaired) electrons. The van der Waals surface area contributed by atoms with Crippen LogP contribution in [0.1, 0.15) is 22.0 Å². The Kier molecular flexibility index (Phi) is 7.15. The van der Waals surface area contributed by atoms with Gasteiger partial charge in [-0.25, -0.2) is 12.8 Å². The molecule has 0 heterocycles. The molecular weight excluding hydrogens is 453 g/mol. The predicted octanol–water partition coefficient (Wildman–Crippen LogP) is 5.62. The maximum Gasteiger partial charge on any atom is 0.282 e. The van der Waals surface area contributed by atoms with Crippen molar-refractivity contribution in [3.63, 3.8) is 0 Å². The van der Waals surface area contributed by atoms with Crippen LogP contribution in [0.4, 0.5) is 10.1 Å². The Hall–Kier alpha value is -3.81. The highest BCUT2D eigenvalue weighted by Gasteiger charge is 2.29. The molecule has 0 saturated heterocycles. The van der Waals surface area contributed by atoms with Gasteiger partial charge in [-0.1, -0.05) is 66.7 Å². The van der Waals surface area contributed by atoms with Crippen molar-refractivity contribution in [2.24, 2.45) is 0 Å². The first-order chi connectivity index (χ1) is 16.4. The first kappa shape index (κ1) is 23.4. The number of carbonyl (C=O) groups is 1. The number of hydrogen-bond acceptors (Lipinski definition) is 4. The van der Waals surface area contributed by atoms with Crippen molar-refractivity contribution in [1.82, 2.24) is 0 Å². The summed E-state index contributed by atoms with van der Waals surface area (Å²) in [4.78, 5) is 19.5. The minimum absolute atomic E-state index is 0.0286. The summed E-state index contributed by atoms with van der Waals surface area (Å²) in [7, 11) is -3.87. The largest absolute Gasteiger partial charge is 0.282 e. The van der Waals surface area contributed by atoms with E-state index < -0.39 is 33.4 Å². The number of hydrogen-bond donors (Lipinski definition) is 0. The van der Waals surface area contributed by atoms with Crippen LogP contribution in [0.15, 0.2) is 120 Å². The molecule has 0 aliphatic carbocycles. The molecule has 172 valence electrons. The maximum absolute atomic E-state index is 13.4. The summed E-state index contributed by atoms with van der Waals surface area (Å²) in [6.45, 7) is 0. The molecule has 0 aromatic heterocycles. The molecule has 4 rings (SSSR count). The lowest BCUT2D eigenvalue weighted by molar-refractivity contribution is 0.0357. The summed E-state index contributed by atoms with van der Waals surface area (Å²) in [5, 5.41) is 1.12. The van der Waals surface area contributed by atoms with E-state index in [0.29, 0.717) is 16.8 Å². The average Bonchev–Trinajstić information content (AvgIpc) is 2.88. The molecule has 1 amide bonds. The van der Waals surface area contributed by atoms with E-state index in [4.69, 9.17) is 4.84 Å². The number of para-hydroxylation sites is 1. The zero-order valence-electron chi connectivity index (χ0n) is 18.1. The summed E-state index contributed by atoms with van der Waals surface area (Å²) >= 11 is 0. The lowest BCUT2D eigenvalue weighted by Crippen LogP contribution is -2.34. The minimum atomic E-state index is -3.87. The fourth-order valence-electron chi connectivity index (χ4n) is 3.41. The van der Waals surface area contributed by atoms with Gasteiger partial charge in [0.1, 0.15) is 11.9 Å². The van der Waals surface area contributed by atoms with Gasteiger partial charge in [-0.2, -0.15) is 5.06 Å². The van der Waals surface area contributed by atoms with Gasteiger partial charge >= 0.3 is 0 Å². The van der Waals surface area contributed by atoms with Gasteiger partial charge < -0.3 is 0 Å². The van der Waals surface area contributed by atoms with Crippen LogP contribution in [0.3, 0.4) is 0 Å². The van der Waals surface area contributed by atoms with E-state index in [1.165, 1.54) is 12.1 Å². The molecule has 0 fully saturated rings. The lowest BCUT2D eigenvalue weighted by Gasteiger charge is -2.28. The molecule has 1 unspecified atom stereocenters. The molecule has 34 heavy (non-hydrogen) atoms. The van der Waals surface area contributed by atoms with Crippen LogP contribution in [0.2, 0.25) is 0 Å². The molecule has 0 N–H and O–H groups in total. The van der Waals surface area contributed by atoms with Gasteiger partial charge in [0.2, 0.25) is 0 Å². The number of anilines is 1. The van der Waals surface area contributed by atoms with Crippen molar-refractivity contribution >= 4 is 21.4 Å². The van der Waals surface area contributed by atoms with Gasteiger partial charge in [-0.05, 0) is 54.1 Å². The van der Waals surface area contributed by atoms with E-state index >= 15 is 0 Å². The highest BCUT2D eigenvalue weighted by atomic mass is 32.2. The third-order valence-corrected chi connectivity index (χ3v) is 6.88. The Morgan fingerprint density at radius 3 is 1.88 bits per heavy atom. The zero-order valence-corrected chi connectivity index (χ0v) is 18.9. The number of rotatable bonds is 8. The van der Waals surface area contributed by atoms with Crippen LogP contribution < -0.4 is 5.06 Å². The van der Waals surface area contributed by atoms with Gasteiger partial charge in [0.05, 0.1) is 16.3 Å². The SMILES string of the molecule is O=C(c1ccccc1)N(OC(CS(=O)(=O)c1ccc(F)cc1)c1ccccc1)c1ccccc1. The van der Waals surface area contributed by atoms with Gasteiger partial charge in [0.25, 0.3) is 5.91 Å². The van der Waals surface area contributed by atoms with Crippen LogP contribution >= 0.6 is 0 Å². The summed E-state index contributed by atoms with van der Waals surface area (Å²) in [6, 6.07) is 30.8. The van der Waals surface area contributed by atoms with Gasteiger partial charge in [-0.3, -0.25) is 9.63 Å². The lowest BCUT2D eigenvalue weighted by atomic mass is 10.1. The van der Waals surface area contributed by atoms with E-state index in [1.54, 1.807) is 84.9 Å². The number of sulfone groups is 1. The van der Waals surface area contributed by atoms with Gasteiger partial charge in [-0.15, -0.1) is 0 Å². The number of nitrogens with zero attached hydrogens (tertiary/aromatic N) is 1. The summed E-state index contributed by atoms with van der Waals surface area (Å²) in [5.74, 6) is -1.42. The second kappa shape index (κ2) is 10.4. The van der Waals surface area contributed by atoms with Crippen molar-refractivity contribution in [2.45, 2.75) is 11.0 Å². The standard InChI is InChI=1S/C27H22FNO4S/c28-23-16-18-25(19-17-23)34(31,32)20-26(21-10-4-1-5-11-21)33-29(24-14-8-3-9-15-24)27(30)22-12-6-2-7-13-22/h1-19,26H,20H2. The first-order valence-corrected chi connectivity index (χ1v) is 12.2. The highest BCUT2D eigenvalue weighted by molar-refractivity contribution is 7.91. The van der Waals surface area contributed by atoms with Crippen LogP contribution in [0.25, 0.3) is 0 Å². The Morgan fingerprint density at radius 1 is 0.765 bits per heavy atom. The van der Waals surface area contributed by atoms with Crippen molar-refractivity contribution in [2.75, 3.05) is 10.8 Å². The third kappa shape index (κ3) is 5.57. The third-order valence-electron chi connectivity index (χ3n) is 5.14. The molecule has 1 atom stereocenters. The molecular formula is C27H22FNO4S. The van der Waals surface area contributed by atoms with E-state index in [2.05, 4.69) is 0 Å². The predicted molar refractivity (Wildman–Crippen MR) is 128 cm³/mol. The highest BCUT2D eigenvalue weighted by Crippen LogP contribution is 2.28. The summed E-state index contributed by atoms with van der Waals surface area (Å²) in [5.41, 5.74) is 1.42. The molecule has 0 bridgehead atoms. The molecule has 0 spiro atoms. The minimum Gasteiger partial charge on any atom is -0.266 e. The van der Waals surface area contributed by atoms with Crippen LogP contribution in [-0.2, 0) is 14.7 Å². The van der Waals surface area contributed by atoms with E-state index in [0.717, 1.165) is 17.2 Å². The second-order valence-electron chi connectivity index (χ2n) is 7.54. The number of halogens is 1. The molecule has 4 aromatic carbocycles. The van der Waals surface area contributed by atoms with Crippen molar-refractivity contribution in [3.8, 4) is 0 Å². The van der Waals surface area contributed by atoms with E-state index in [1.807, 2.05) is 6.07 Å². The summed E-state index contributed by atoms with van der Waals surface area (Å²) < 4.78 is 39.7. The van der Waals surface area contributed by atoms with Crippen LogP contribution in [0, 0.1) is 5.82 Å². The Balaban J connectivity index is 1.72. The molecule has 7 heteroatoms. The van der Waals surface area contributed by atoms with Gasteiger partial charge in [0.15, 0.2) is 9.84 Å². The summed E-state index contributed by atoms with van der Waals surface area (Å²) in [6.07, 6.45) is -1.01. The number of carbonyl (C=O) groups excluding carboxylic acids is 1. The first-order valence-electron chi connectivity index (χ1n) is 10.6. The Morgan fingerprint density at radius 2 is 1.29 bits per heavy atom. The molecule has 0 aliphatic rings. The Bertz CT molecular complexity index is 1330. The quantitative estimate of drug-likeness (QED) is 0.245. The second-order valence-corrected chi connectivity index (χ2v) is 9.58. The van der Waals surface area contributed by atoms with Crippen molar-refractivity contribution in [3.05, 3.63) is 132 Å². The topological polar surface area (TPSA) is 63.7 Å². The van der Waals surface area contributed by atoms with E-state index in [9.17, 15) is 17.6 Å². The smallest absolute Gasteiger partial charge is 0.266 e.